The molecule has 1 heterocycles. The lowest BCUT2D eigenvalue weighted by Gasteiger charge is -2.27. The summed E-state index contributed by atoms with van der Waals surface area (Å²) >= 11 is 4.96. The van der Waals surface area contributed by atoms with E-state index in [-0.39, 0.29) is 11.8 Å². The highest BCUT2D eigenvalue weighted by Gasteiger charge is 2.26. The van der Waals surface area contributed by atoms with Gasteiger partial charge < -0.3 is 5.32 Å². The summed E-state index contributed by atoms with van der Waals surface area (Å²) in [5.41, 5.74) is 0.998. The highest BCUT2D eigenvalue weighted by Crippen LogP contribution is 2.34. The lowest BCUT2D eigenvalue weighted by molar-refractivity contribution is -0.121. The molecule has 3 rings (SSSR count). The van der Waals surface area contributed by atoms with Gasteiger partial charge in [-0.2, -0.15) is 0 Å². The van der Waals surface area contributed by atoms with Gasteiger partial charge in [0.1, 0.15) is 0 Å². The summed E-state index contributed by atoms with van der Waals surface area (Å²) in [6, 6.07) is 7.92. The predicted octanol–water partition coefficient (Wildman–Crippen LogP) is 6.29. The van der Waals surface area contributed by atoms with E-state index in [1.165, 1.54) is 49.9 Å². The largest absolute Gasteiger partial charge is 0.300 e. The second-order valence-corrected chi connectivity index (χ2v) is 8.93. The molecule has 2 aromatic rings. The fourth-order valence-corrected chi connectivity index (χ4v) is 5.01. The summed E-state index contributed by atoms with van der Waals surface area (Å²) in [6.07, 6.45) is 9.63. The first-order valence-corrected chi connectivity index (χ1v) is 11.2. The van der Waals surface area contributed by atoms with Gasteiger partial charge in [0, 0.05) is 16.0 Å². The van der Waals surface area contributed by atoms with Crippen LogP contribution in [0.1, 0.15) is 58.3 Å². The van der Waals surface area contributed by atoms with Crippen LogP contribution in [0.15, 0.2) is 28.7 Å². The van der Waals surface area contributed by atoms with Gasteiger partial charge in [0.2, 0.25) is 11.0 Å². The number of nitrogens with zero attached hydrogens (tertiary/aromatic N) is 2. The quantitative estimate of drug-likeness (QED) is 0.519. The van der Waals surface area contributed by atoms with Crippen molar-refractivity contribution in [1.82, 2.24) is 10.2 Å². The van der Waals surface area contributed by atoms with Crippen molar-refractivity contribution < 1.29 is 4.79 Å². The number of unbranched alkanes of at least 4 members (excludes halogenated alkanes) is 2. The van der Waals surface area contributed by atoms with Crippen molar-refractivity contribution in [3.8, 4) is 10.6 Å². The molecular weight excluding hydrogens is 410 g/mol. The molecule has 1 aliphatic carbocycles. The molecule has 1 aromatic carbocycles. The summed E-state index contributed by atoms with van der Waals surface area (Å²) < 4.78 is 0.982. The van der Waals surface area contributed by atoms with E-state index < -0.39 is 0 Å². The van der Waals surface area contributed by atoms with E-state index in [9.17, 15) is 4.79 Å². The highest BCUT2D eigenvalue weighted by atomic mass is 79.9. The van der Waals surface area contributed by atoms with Crippen molar-refractivity contribution in [2.24, 2.45) is 11.8 Å². The number of amides is 1. The minimum Gasteiger partial charge on any atom is -0.300 e. The van der Waals surface area contributed by atoms with Gasteiger partial charge in [0.05, 0.1) is 0 Å². The van der Waals surface area contributed by atoms with Crippen molar-refractivity contribution in [3.63, 3.8) is 0 Å². The van der Waals surface area contributed by atoms with Crippen molar-refractivity contribution in [1.29, 1.82) is 0 Å². The normalized spacial score (nSPS) is 20.1. The van der Waals surface area contributed by atoms with Crippen LogP contribution in [-0.2, 0) is 4.79 Å². The van der Waals surface area contributed by atoms with Crippen LogP contribution in [0.25, 0.3) is 10.6 Å². The van der Waals surface area contributed by atoms with E-state index >= 15 is 0 Å². The van der Waals surface area contributed by atoms with Gasteiger partial charge in [-0.05, 0) is 37.7 Å². The molecule has 6 heteroatoms. The zero-order valence-electron chi connectivity index (χ0n) is 15.2. The van der Waals surface area contributed by atoms with Crippen LogP contribution in [0, 0.1) is 11.8 Å². The molecule has 0 unspecified atom stereocenters. The van der Waals surface area contributed by atoms with Crippen molar-refractivity contribution >= 4 is 38.3 Å². The molecule has 0 saturated heterocycles. The summed E-state index contributed by atoms with van der Waals surface area (Å²) in [7, 11) is 0. The van der Waals surface area contributed by atoms with Crippen molar-refractivity contribution in [3.05, 3.63) is 28.7 Å². The first kappa shape index (κ1) is 19.5. The average Bonchev–Trinajstić information content (AvgIpc) is 3.11. The third-order valence-electron chi connectivity index (χ3n) is 5.19. The van der Waals surface area contributed by atoms with E-state index in [4.69, 9.17) is 0 Å². The average molecular weight is 436 g/mol. The summed E-state index contributed by atoms with van der Waals surface area (Å²) in [6.45, 7) is 2.25. The standard InChI is InChI=1S/C20H26BrN3OS/c1-2-3-4-7-14-10-12-15(13-11-14)18(25)22-20-24-23-19(26-20)16-8-5-6-9-17(16)21/h5-6,8-9,14-15H,2-4,7,10-13H2,1H3,(H,22,24,25). The Kier molecular flexibility index (Phi) is 7.20. The van der Waals surface area contributed by atoms with Crippen molar-refractivity contribution in [2.45, 2.75) is 58.3 Å². The molecule has 1 saturated carbocycles. The number of nitrogens with one attached hydrogen (secondary N) is 1. The predicted molar refractivity (Wildman–Crippen MR) is 111 cm³/mol. The van der Waals surface area contributed by atoms with E-state index in [0.717, 1.165) is 33.8 Å². The van der Waals surface area contributed by atoms with Crippen LogP contribution in [0.2, 0.25) is 0 Å². The second kappa shape index (κ2) is 9.60. The number of aromatic nitrogens is 2. The van der Waals surface area contributed by atoms with Crippen molar-refractivity contribution in [2.75, 3.05) is 5.32 Å². The zero-order valence-corrected chi connectivity index (χ0v) is 17.6. The topological polar surface area (TPSA) is 54.9 Å². The fourth-order valence-electron chi connectivity index (χ4n) is 3.62. The Morgan fingerprint density at radius 2 is 1.96 bits per heavy atom. The monoisotopic (exact) mass is 435 g/mol. The summed E-state index contributed by atoms with van der Waals surface area (Å²) in [5, 5.41) is 12.8. The maximum Gasteiger partial charge on any atom is 0.229 e. The Hall–Kier alpha value is -1.27. The van der Waals surface area contributed by atoms with Gasteiger partial charge in [-0.15, -0.1) is 10.2 Å². The summed E-state index contributed by atoms with van der Waals surface area (Å²) in [5.74, 6) is 1.04. The molecule has 1 aromatic heterocycles. The maximum atomic E-state index is 12.6. The van der Waals surface area contributed by atoms with Gasteiger partial charge in [-0.3, -0.25) is 4.79 Å². The molecule has 1 fully saturated rings. The maximum absolute atomic E-state index is 12.6. The SMILES string of the molecule is CCCCCC1CCC(C(=O)Nc2nnc(-c3ccccc3Br)s2)CC1. The number of carbonyl (C=O) groups is 1. The Labute approximate surface area is 167 Å². The van der Waals surface area contributed by atoms with Crippen LogP contribution in [-0.4, -0.2) is 16.1 Å². The van der Waals surface area contributed by atoms with Gasteiger partial charge in [-0.25, -0.2) is 0 Å². The van der Waals surface area contributed by atoms with E-state index in [1.807, 2.05) is 24.3 Å². The van der Waals surface area contributed by atoms with E-state index in [1.54, 1.807) is 0 Å². The molecule has 26 heavy (non-hydrogen) atoms. The molecule has 0 aliphatic heterocycles. The summed E-state index contributed by atoms with van der Waals surface area (Å²) in [4.78, 5) is 12.6. The molecular formula is C20H26BrN3OS. The van der Waals surface area contributed by atoms with Crippen LogP contribution in [0.5, 0.6) is 0 Å². The zero-order chi connectivity index (χ0) is 18.4. The molecule has 140 valence electrons. The first-order chi connectivity index (χ1) is 12.7. The Morgan fingerprint density at radius 1 is 1.19 bits per heavy atom. The fraction of sp³-hybridized carbons (Fsp3) is 0.550. The van der Waals surface area contributed by atoms with Crippen LogP contribution in [0.3, 0.4) is 0 Å². The van der Waals surface area contributed by atoms with Crippen LogP contribution < -0.4 is 5.32 Å². The van der Waals surface area contributed by atoms with Gasteiger partial charge in [-0.1, -0.05) is 78.1 Å². The number of rotatable bonds is 7. The van der Waals surface area contributed by atoms with Gasteiger partial charge >= 0.3 is 0 Å². The highest BCUT2D eigenvalue weighted by molar-refractivity contribution is 9.10. The van der Waals surface area contributed by atoms with Crippen LogP contribution >= 0.6 is 27.3 Å². The lowest BCUT2D eigenvalue weighted by atomic mass is 9.79. The van der Waals surface area contributed by atoms with Crippen LogP contribution in [0.4, 0.5) is 5.13 Å². The molecule has 0 spiro atoms. The number of halogens is 1. The first-order valence-electron chi connectivity index (χ1n) is 9.56. The molecule has 1 aliphatic rings. The van der Waals surface area contributed by atoms with E-state index in [2.05, 4.69) is 38.4 Å². The molecule has 1 N–H and O–H groups in total. The minimum absolute atomic E-state index is 0.104. The second-order valence-electron chi connectivity index (χ2n) is 7.09. The molecule has 4 nitrogen and oxygen atoms in total. The third kappa shape index (κ3) is 5.13. The number of hydrogen-bond acceptors (Lipinski definition) is 4. The minimum atomic E-state index is 0.104. The van der Waals surface area contributed by atoms with Gasteiger partial charge in [0.15, 0.2) is 5.01 Å². The van der Waals surface area contributed by atoms with Gasteiger partial charge in [0.25, 0.3) is 0 Å². The molecule has 0 atom stereocenters. The Balaban J connectivity index is 1.51. The number of benzene rings is 1. The third-order valence-corrected chi connectivity index (χ3v) is 6.76. The molecule has 1 amide bonds. The number of anilines is 1. The van der Waals surface area contributed by atoms with E-state index in [0.29, 0.717) is 5.13 Å². The Bertz CT molecular complexity index is 725. The number of carbonyl (C=O) groups excluding carboxylic acids is 1. The molecule has 0 bridgehead atoms. The lowest BCUT2D eigenvalue weighted by Crippen LogP contribution is -2.27. The number of hydrogen-bond donors (Lipinski definition) is 1. The Morgan fingerprint density at radius 3 is 2.69 bits per heavy atom. The molecule has 0 radical (unpaired) electrons. The smallest absolute Gasteiger partial charge is 0.229 e.